The Bertz CT molecular complexity index is 1050. The molecule has 3 unspecified atom stereocenters. The van der Waals surface area contributed by atoms with Crippen LogP contribution in [-0.4, -0.2) is 56.7 Å². The number of halogens is 3. The molecule has 0 radical (unpaired) electrons. The molecule has 32 heavy (non-hydrogen) atoms. The van der Waals surface area contributed by atoms with Gasteiger partial charge in [-0.1, -0.05) is 30.3 Å². The molecule has 4 rings (SSSR count). The molecule has 170 valence electrons. The number of hydrogen-bond donors (Lipinski definition) is 4. The van der Waals surface area contributed by atoms with Gasteiger partial charge in [-0.05, 0) is 12.5 Å². The third kappa shape index (κ3) is 3.94. The zero-order chi connectivity index (χ0) is 23.0. The number of alkyl halides is 3. The quantitative estimate of drug-likeness (QED) is 0.508. The number of carbonyl (C=O) groups excluding carboxylic acids is 2. The van der Waals surface area contributed by atoms with Crippen LogP contribution in [0.15, 0.2) is 53.9 Å². The van der Waals surface area contributed by atoms with E-state index in [0.29, 0.717) is 5.56 Å². The highest BCUT2D eigenvalue weighted by Crippen LogP contribution is 2.41. The number of amides is 2. The van der Waals surface area contributed by atoms with Gasteiger partial charge in [0, 0.05) is 18.0 Å². The molecule has 1 saturated heterocycles. The van der Waals surface area contributed by atoms with Crippen molar-refractivity contribution in [2.45, 2.75) is 37.8 Å². The van der Waals surface area contributed by atoms with Gasteiger partial charge >= 0.3 is 6.18 Å². The molecule has 1 aromatic heterocycles. The average Bonchev–Trinajstić information content (AvgIpc) is 3.33. The van der Waals surface area contributed by atoms with Crippen molar-refractivity contribution in [3.8, 4) is 0 Å². The number of hydrazine groups is 1. The fourth-order valence-electron chi connectivity index (χ4n) is 4.00. The monoisotopic (exact) mass is 450 g/mol. The number of aliphatic hydroxyl groups is 1. The minimum absolute atomic E-state index is 0.142. The van der Waals surface area contributed by atoms with E-state index in [-0.39, 0.29) is 30.2 Å². The van der Waals surface area contributed by atoms with Gasteiger partial charge in [-0.15, -0.1) is 0 Å². The second kappa shape index (κ2) is 8.28. The van der Waals surface area contributed by atoms with E-state index < -0.39 is 36.1 Å². The molecule has 2 aliphatic heterocycles. The summed E-state index contributed by atoms with van der Waals surface area (Å²) >= 11 is 0. The van der Waals surface area contributed by atoms with Crippen molar-refractivity contribution in [1.82, 2.24) is 25.5 Å². The Hall–Kier alpha value is -3.38. The molecule has 2 aromatic rings. The first-order chi connectivity index (χ1) is 15.2. The van der Waals surface area contributed by atoms with Gasteiger partial charge in [0.05, 0.1) is 19.1 Å². The maximum absolute atomic E-state index is 13.8. The van der Waals surface area contributed by atoms with E-state index in [0.717, 1.165) is 5.01 Å². The van der Waals surface area contributed by atoms with Crippen molar-refractivity contribution in [3.05, 3.63) is 59.4 Å². The Balaban J connectivity index is 1.62. The molecule has 1 fully saturated rings. The summed E-state index contributed by atoms with van der Waals surface area (Å²) in [6, 6.07) is 7.57. The topological polar surface area (TPSA) is 112 Å². The highest BCUT2D eigenvalue weighted by atomic mass is 19.4. The molecule has 12 heteroatoms. The molecule has 1 aromatic carbocycles. The number of anilines is 1. The number of aliphatic hydroxyl groups excluding tert-OH is 1. The fraction of sp³-hybridized carbons (Fsp3) is 0.350. The lowest BCUT2D eigenvalue weighted by Crippen LogP contribution is -2.56. The SMILES string of the molecule is CC1=C(C(=O)Nc2ccn(CCO)n2)C(=O)N2NC(C(F)(F)F)C(c3ccccc3)C2N1. The van der Waals surface area contributed by atoms with Gasteiger partial charge in [-0.3, -0.25) is 14.3 Å². The highest BCUT2D eigenvalue weighted by molar-refractivity contribution is 6.23. The maximum Gasteiger partial charge on any atom is 0.406 e. The summed E-state index contributed by atoms with van der Waals surface area (Å²) in [5.74, 6) is -2.65. The van der Waals surface area contributed by atoms with Crippen LogP contribution in [0.5, 0.6) is 0 Å². The summed E-state index contributed by atoms with van der Waals surface area (Å²) in [4.78, 5) is 25.9. The summed E-state index contributed by atoms with van der Waals surface area (Å²) in [6.45, 7) is 1.54. The Morgan fingerprint density at radius 3 is 2.62 bits per heavy atom. The van der Waals surface area contributed by atoms with E-state index in [9.17, 15) is 22.8 Å². The summed E-state index contributed by atoms with van der Waals surface area (Å²) in [5, 5.41) is 19.2. The summed E-state index contributed by atoms with van der Waals surface area (Å²) in [7, 11) is 0. The predicted molar refractivity (Wildman–Crippen MR) is 107 cm³/mol. The van der Waals surface area contributed by atoms with Crippen molar-refractivity contribution >= 4 is 17.6 Å². The number of benzene rings is 1. The van der Waals surface area contributed by atoms with E-state index in [4.69, 9.17) is 5.11 Å². The van der Waals surface area contributed by atoms with E-state index in [1.807, 2.05) is 0 Å². The Kier molecular flexibility index (Phi) is 5.65. The van der Waals surface area contributed by atoms with Crippen LogP contribution in [0, 0.1) is 0 Å². The molecule has 0 bridgehead atoms. The van der Waals surface area contributed by atoms with Crippen LogP contribution in [0.25, 0.3) is 0 Å². The first-order valence-corrected chi connectivity index (χ1v) is 9.85. The average molecular weight is 450 g/mol. The zero-order valence-electron chi connectivity index (χ0n) is 16.9. The van der Waals surface area contributed by atoms with Gasteiger partial charge in [0.2, 0.25) is 0 Å². The number of carbonyl (C=O) groups is 2. The second-order valence-corrected chi connectivity index (χ2v) is 7.49. The van der Waals surface area contributed by atoms with Crippen molar-refractivity contribution < 1.29 is 27.9 Å². The molecule has 3 heterocycles. The molecule has 0 spiro atoms. The van der Waals surface area contributed by atoms with Crippen LogP contribution >= 0.6 is 0 Å². The Labute approximate surface area is 180 Å². The van der Waals surface area contributed by atoms with E-state index in [2.05, 4.69) is 21.2 Å². The zero-order valence-corrected chi connectivity index (χ0v) is 16.9. The smallest absolute Gasteiger partial charge is 0.394 e. The molecular formula is C20H21F3N6O3. The molecule has 4 N–H and O–H groups in total. The van der Waals surface area contributed by atoms with Crippen molar-refractivity contribution in [1.29, 1.82) is 0 Å². The molecule has 9 nitrogen and oxygen atoms in total. The Morgan fingerprint density at radius 2 is 1.97 bits per heavy atom. The third-order valence-corrected chi connectivity index (χ3v) is 5.40. The van der Waals surface area contributed by atoms with Gasteiger partial charge in [0.15, 0.2) is 5.82 Å². The van der Waals surface area contributed by atoms with E-state index >= 15 is 0 Å². The molecule has 2 amide bonds. The van der Waals surface area contributed by atoms with E-state index in [1.54, 1.807) is 30.3 Å². The summed E-state index contributed by atoms with van der Waals surface area (Å²) in [6.07, 6.45) is -4.13. The van der Waals surface area contributed by atoms with Crippen LogP contribution in [0.3, 0.4) is 0 Å². The molecule has 2 aliphatic rings. The normalized spacial score (nSPS) is 23.2. The number of aromatic nitrogens is 2. The van der Waals surface area contributed by atoms with Gasteiger partial charge in [-0.2, -0.15) is 18.3 Å². The van der Waals surface area contributed by atoms with Crippen molar-refractivity contribution in [3.63, 3.8) is 0 Å². The van der Waals surface area contributed by atoms with Gasteiger partial charge in [0.25, 0.3) is 11.8 Å². The lowest BCUT2D eigenvalue weighted by Gasteiger charge is -2.34. The number of allylic oxidation sites excluding steroid dienone is 1. The largest absolute Gasteiger partial charge is 0.406 e. The minimum Gasteiger partial charge on any atom is -0.394 e. The van der Waals surface area contributed by atoms with Gasteiger partial charge in [0.1, 0.15) is 17.8 Å². The van der Waals surface area contributed by atoms with Crippen molar-refractivity contribution in [2.24, 2.45) is 0 Å². The van der Waals surface area contributed by atoms with Crippen LogP contribution in [0.2, 0.25) is 0 Å². The summed E-state index contributed by atoms with van der Waals surface area (Å²) < 4.78 is 42.9. The molecular weight excluding hydrogens is 429 g/mol. The lowest BCUT2D eigenvalue weighted by molar-refractivity contribution is -0.161. The summed E-state index contributed by atoms with van der Waals surface area (Å²) in [5.41, 5.74) is 2.51. The van der Waals surface area contributed by atoms with Gasteiger partial charge in [-0.25, -0.2) is 10.4 Å². The first kappa shape index (κ1) is 21.8. The van der Waals surface area contributed by atoms with Crippen molar-refractivity contribution in [2.75, 3.05) is 11.9 Å². The lowest BCUT2D eigenvalue weighted by atomic mass is 9.89. The van der Waals surface area contributed by atoms with Crippen LogP contribution < -0.4 is 16.1 Å². The highest BCUT2D eigenvalue weighted by Gasteiger charge is 2.58. The second-order valence-electron chi connectivity index (χ2n) is 7.49. The molecule has 3 atom stereocenters. The maximum atomic E-state index is 13.8. The number of fused-ring (bicyclic) bond motifs is 1. The molecule has 0 saturated carbocycles. The molecule has 0 aliphatic carbocycles. The van der Waals surface area contributed by atoms with Crippen LogP contribution in [-0.2, 0) is 16.1 Å². The third-order valence-electron chi connectivity index (χ3n) is 5.40. The number of nitrogens with zero attached hydrogens (tertiary/aromatic N) is 3. The first-order valence-electron chi connectivity index (χ1n) is 9.85. The standard InChI is InChI=1S/C20H21F3N6O3/c1-11-14(18(31)25-13-7-8-28(26-13)9-10-30)19(32)29-17(24-11)15(12-5-3-2-4-6-12)16(27-29)20(21,22)23/h2-8,15-17,24,27,30H,9-10H2,1H3,(H,25,26,31). The van der Waals surface area contributed by atoms with Crippen LogP contribution in [0.1, 0.15) is 18.4 Å². The minimum atomic E-state index is -4.63. The number of nitrogens with one attached hydrogen (secondary N) is 3. The fourth-order valence-corrected chi connectivity index (χ4v) is 4.00. The van der Waals surface area contributed by atoms with Crippen LogP contribution in [0.4, 0.5) is 19.0 Å². The Morgan fingerprint density at radius 1 is 1.25 bits per heavy atom. The number of rotatable bonds is 5. The number of hydrogen-bond acceptors (Lipinski definition) is 6. The van der Waals surface area contributed by atoms with Gasteiger partial charge < -0.3 is 15.7 Å². The predicted octanol–water partition coefficient (Wildman–Crippen LogP) is 1.08. The van der Waals surface area contributed by atoms with E-state index in [1.165, 1.54) is 23.9 Å².